The van der Waals surface area contributed by atoms with Gasteiger partial charge < -0.3 is 16.0 Å². The van der Waals surface area contributed by atoms with Crippen LogP contribution in [-0.4, -0.2) is 40.7 Å². The normalized spacial score (nSPS) is 10.6. The van der Waals surface area contributed by atoms with E-state index in [-0.39, 0.29) is 18.1 Å². The molecule has 0 atom stereocenters. The van der Waals surface area contributed by atoms with Crippen molar-refractivity contribution >= 4 is 39.1 Å². The minimum Gasteiger partial charge on any atom is -0.376 e. The van der Waals surface area contributed by atoms with E-state index in [1.807, 2.05) is 32.0 Å². The molecule has 6 nitrogen and oxygen atoms in total. The van der Waals surface area contributed by atoms with E-state index >= 15 is 0 Å². The fraction of sp³-hybridized carbons (Fsp3) is 0.357. The van der Waals surface area contributed by atoms with Crippen LogP contribution in [0, 0.1) is 0 Å². The van der Waals surface area contributed by atoms with Gasteiger partial charge >= 0.3 is 0 Å². The molecule has 0 aliphatic heterocycles. The number of likely N-dealkylation sites (N-methyl/N-ethyl adjacent to an activating group) is 1. The first-order valence-corrected chi connectivity index (χ1v) is 7.55. The maximum Gasteiger partial charge on any atom is 0.269 e. The van der Waals surface area contributed by atoms with Crippen molar-refractivity contribution in [1.82, 2.24) is 9.27 Å². The van der Waals surface area contributed by atoms with Crippen molar-refractivity contribution in [1.29, 1.82) is 0 Å². The van der Waals surface area contributed by atoms with E-state index in [0.29, 0.717) is 24.2 Å². The SMILES string of the molecule is CCN(CC)C(=O)CNc1cccc2snc(C(N)=O)c12. The number of amides is 2. The summed E-state index contributed by atoms with van der Waals surface area (Å²) in [6.07, 6.45) is 0. The number of anilines is 1. The van der Waals surface area contributed by atoms with E-state index in [1.165, 1.54) is 11.5 Å². The summed E-state index contributed by atoms with van der Waals surface area (Å²) in [6.45, 7) is 5.41. The molecule has 7 heteroatoms. The van der Waals surface area contributed by atoms with Crippen molar-refractivity contribution in [2.75, 3.05) is 25.0 Å². The highest BCUT2D eigenvalue weighted by atomic mass is 32.1. The summed E-state index contributed by atoms with van der Waals surface area (Å²) in [5.41, 5.74) is 6.29. The average Bonchev–Trinajstić information content (AvgIpc) is 2.91. The number of fused-ring (bicyclic) bond motifs is 1. The molecule has 0 unspecified atom stereocenters. The number of nitrogens with zero attached hydrogens (tertiary/aromatic N) is 2. The van der Waals surface area contributed by atoms with Gasteiger partial charge in [0.15, 0.2) is 5.69 Å². The highest BCUT2D eigenvalue weighted by Gasteiger charge is 2.16. The summed E-state index contributed by atoms with van der Waals surface area (Å²) >= 11 is 1.22. The van der Waals surface area contributed by atoms with Gasteiger partial charge in [-0.2, -0.15) is 4.37 Å². The van der Waals surface area contributed by atoms with Crippen LogP contribution < -0.4 is 11.1 Å². The van der Waals surface area contributed by atoms with Gasteiger partial charge in [-0.1, -0.05) is 6.07 Å². The van der Waals surface area contributed by atoms with E-state index in [9.17, 15) is 9.59 Å². The molecular weight excluding hydrogens is 288 g/mol. The van der Waals surface area contributed by atoms with Gasteiger partial charge in [-0.25, -0.2) is 0 Å². The molecule has 3 N–H and O–H groups in total. The second kappa shape index (κ2) is 6.53. The van der Waals surface area contributed by atoms with Gasteiger partial charge in [0.2, 0.25) is 5.91 Å². The molecule has 0 saturated heterocycles. The lowest BCUT2D eigenvalue weighted by Crippen LogP contribution is -2.35. The van der Waals surface area contributed by atoms with E-state index in [2.05, 4.69) is 9.69 Å². The average molecular weight is 306 g/mol. The fourth-order valence-corrected chi connectivity index (χ4v) is 2.97. The van der Waals surface area contributed by atoms with Crippen molar-refractivity contribution in [3.63, 3.8) is 0 Å². The van der Waals surface area contributed by atoms with Crippen molar-refractivity contribution in [3.05, 3.63) is 23.9 Å². The second-order valence-electron chi connectivity index (χ2n) is 4.49. The monoisotopic (exact) mass is 306 g/mol. The maximum absolute atomic E-state index is 12.0. The Morgan fingerprint density at radius 1 is 1.33 bits per heavy atom. The van der Waals surface area contributed by atoms with Crippen LogP contribution >= 0.6 is 11.5 Å². The van der Waals surface area contributed by atoms with E-state index in [0.717, 1.165) is 4.70 Å². The first-order chi connectivity index (χ1) is 10.1. The molecule has 2 rings (SSSR count). The Kier molecular flexibility index (Phi) is 4.74. The summed E-state index contributed by atoms with van der Waals surface area (Å²) in [7, 11) is 0. The number of nitrogens with one attached hydrogen (secondary N) is 1. The number of primary amides is 1. The fourth-order valence-electron chi connectivity index (χ4n) is 2.17. The van der Waals surface area contributed by atoms with Crippen LogP contribution in [0.5, 0.6) is 0 Å². The topological polar surface area (TPSA) is 88.3 Å². The highest BCUT2D eigenvalue weighted by Crippen LogP contribution is 2.29. The third-order valence-electron chi connectivity index (χ3n) is 3.28. The Morgan fingerprint density at radius 3 is 2.67 bits per heavy atom. The van der Waals surface area contributed by atoms with Crippen LogP contribution in [0.2, 0.25) is 0 Å². The van der Waals surface area contributed by atoms with Gasteiger partial charge in [0.1, 0.15) is 0 Å². The number of hydrogen-bond acceptors (Lipinski definition) is 5. The Bertz CT molecular complexity index is 664. The molecule has 2 amide bonds. The van der Waals surface area contributed by atoms with Gasteiger partial charge in [-0.3, -0.25) is 9.59 Å². The van der Waals surface area contributed by atoms with Crippen LogP contribution in [-0.2, 0) is 4.79 Å². The van der Waals surface area contributed by atoms with Crippen LogP contribution in [0.25, 0.3) is 10.1 Å². The lowest BCUT2D eigenvalue weighted by Gasteiger charge is -2.19. The number of carbonyl (C=O) groups excluding carboxylic acids is 2. The predicted molar refractivity (Wildman–Crippen MR) is 84.6 cm³/mol. The van der Waals surface area contributed by atoms with Crippen molar-refractivity contribution in [3.8, 4) is 0 Å². The lowest BCUT2D eigenvalue weighted by molar-refractivity contribution is -0.128. The third kappa shape index (κ3) is 3.13. The molecule has 112 valence electrons. The Hall–Kier alpha value is -2.15. The van der Waals surface area contributed by atoms with Crippen molar-refractivity contribution < 1.29 is 9.59 Å². The predicted octanol–water partition coefficient (Wildman–Crippen LogP) is 1.68. The molecule has 0 radical (unpaired) electrons. The molecule has 0 fully saturated rings. The van der Waals surface area contributed by atoms with Crippen LogP contribution in [0.1, 0.15) is 24.3 Å². The lowest BCUT2D eigenvalue weighted by atomic mass is 10.1. The maximum atomic E-state index is 12.0. The molecule has 1 aromatic heterocycles. The van der Waals surface area contributed by atoms with E-state index in [4.69, 9.17) is 5.73 Å². The second-order valence-corrected chi connectivity index (χ2v) is 5.30. The number of aromatic nitrogens is 1. The molecule has 2 aromatic rings. The summed E-state index contributed by atoms with van der Waals surface area (Å²) in [5, 5.41) is 3.77. The summed E-state index contributed by atoms with van der Waals surface area (Å²) in [4.78, 5) is 25.2. The molecule has 1 aromatic carbocycles. The first kappa shape index (κ1) is 15.2. The van der Waals surface area contributed by atoms with Crippen molar-refractivity contribution in [2.24, 2.45) is 5.73 Å². The molecule has 21 heavy (non-hydrogen) atoms. The Labute approximate surface area is 127 Å². The van der Waals surface area contributed by atoms with Gasteiger partial charge in [-0.05, 0) is 37.5 Å². The number of rotatable bonds is 6. The van der Waals surface area contributed by atoms with E-state index in [1.54, 1.807) is 4.90 Å². The zero-order chi connectivity index (χ0) is 15.4. The molecule has 0 aliphatic rings. The van der Waals surface area contributed by atoms with E-state index < -0.39 is 5.91 Å². The minimum atomic E-state index is -0.564. The van der Waals surface area contributed by atoms with Gasteiger partial charge in [0.25, 0.3) is 5.91 Å². The molecular formula is C14H18N4O2S. The zero-order valence-electron chi connectivity index (χ0n) is 12.0. The summed E-state index contributed by atoms with van der Waals surface area (Å²) in [5.74, 6) is -0.550. The van der Waals surface area contributed by atoms with Gasteiger partial charge in [-0.15, -0.1) is 0 Å². The van der Waals surface area contributed by atoms with Crippen LogP contribution in [0.15, 0.2) is 18.2 Å². The zero-order valence-corrected chi connectivity index (χ0v) is 12.9. The minimum absolute atomic E-state index is 0.0146. The first-order valence-electron chi connectivity index (χ1n) is 6.78. The quantitative estimate of drug-likeness (QED) is 0.850. The van der Waals surface area contributed by atoms with Crippen LogP contribution in [0.4, 0.5) is 5.69 Å². The Balaban J connectivity index is 2.24. The molecule has 0 spiro atoms. The number of carbonyl (C=O) groups is 2. The standard InChI is InChI=1S/C14H18N4O2S/c1-3-18(4-2)11(19)8-16-9-6-5-7-10-12(9)13(14(15)20)17-21-10/h5-7,16H,3-4,8H2,1-2H3,(H2,15,20). The largest absolute Gasteiger partial charge is 0.376 e. The van der Waals surface area contributed by atoms with Crippen LogP contribution in [0.3, 0.4) is 0 Å². The molecule has 0 aliphatic carbocycles. The number of hydrogen-bond donors (Lipinski definition) is 2. The molecule has 0 saturated carbocycles. The third-order valence-corrected chi connectivity index (χ3v) is 4.09. The summed E-state index contributed by atoms with van der Waals surface area (Å²) in [6, 6.07) is 5.55. The smallest absolute Gasteiger partial charge is 0.269 e. The van der Waals surface area contributed by atoms with Crippen molar-refractivity contribution in [2.45, 2.75) is 13.8 Å². The summed E-state index contributed by atoms with van der Waals surface area (Å²) < 4.78 is 4.95. The Morgan fingerprint density at radius 2 is 2.05 bits per heavy atom. The highest BCUT2D eigenvalue weighted by molar-refractivity contribution is 7.13. The number of benzene rings is 1. The molecule has 0 bridgehead atoms. The molecule has 1 heterocycles. The van der Waals surface area contributed by atoms with Gasteiger partial charge in [0, 0.05) is 24.2 Å². The number of nitrogens with two attached hydrogens (primary N) is 1. The van der Waals surface area contributed by atoms with Gasteiger partial charge in [0.05, 0.1) is 11.2 Å².